The zero-order valence-electron chi connectivity index (χ0n) is 16.4. The van der Waals surface area contributed by atoms with Gasteiger partial charge in [-0.2, -0.15) is 0 Å². The molecule has 1 amide bonds. The number of hydrazine groups is 1. The van der Waals surface area contributed by atoms with Crippen LogP contribution in [0.2, 0.25) is 0 Å². The van der Waals surface area contributed by atoms with E-state index >= 15 is 0 Å². The quantitative estimate of drug-likeness (QED) is 0.700. The summed E-state index contributed by atoms with van der Waals surface area (Å²) in [5.41, 5.74) is 6.27. The lowest BCUT2D eigenvalue weighted by Crippen LogP contribution is -2.60. The van der Waals surface area contributed by atoms with Gasteiger partial charge in [0.2, 0.25) is 0 Å². The number of amides is 1. The highest BCUT2D eigenvalue weighted by atomic mass is 16.2. The molecule has 0 radical (unpaired) electrons. The Morgan fingerprint density at radius 1 is 1.14 bits per heavy atom. The van der Waals surface area contributed by atoms with Gasteiger partial charge in [0, 0.05) is 37.1 Å². The average molecular weight is 380 g/mol. The van der Waals surface area contributed by atoms with Crippen molar-refractivity contribution >= 4 is 5.91 Å². The molecule has 0 aromatic carbocycles. The topological polar surface area (TPSA) is 59.6 Å². The Balaban J connectivity index is 1.26. The molecule has 1 unspecified atom stereocenters. The Morgan fingerprint density at radius 2 is 1.86 bits per heavy atom. The Bertz CT molecular complexity index is 803. The van der Waals surface area contributed by atoms with Crippen molar-refractivity contribution < 1.29 is 4.79 Å². The molecule has 7 aliphatic rings. The van der Waals surface area contributed by atoms with E-state index in [4.69, 9.17) is 0 Å². The number of nitrogens with one attached hydrogen (secondary N) is 3. The van der Waals surface area contributed by atoms with Gasteiger partial charge < -0.3 is 20.5 Å². The molecule has 1 atom stereocenters. The smallest absolute Gasteiger partial charge is 0.270 e. The second-order valence-corrected chi connectivity index (χ2v) is 9.72. The fourth-order valence-corrected chi connectivity index (χ4v) is 6.92. The van der Waals surface area contributed by atoms with E-state index in [-0.39, 0.29) is 17.6 Å². The van der Waals surface area contributed by atoms with Gasteiger partial charge in [0.15, 0.2) is 0 Å². The molecule has 4 fully saturated rings. The van der Waals surface area contributed by atoms with Crippen LogP contribution in [0.5, 0.6) is 0 Å². The van der Waals surface area contributed by atoms with E-state index in [0.29, 0.717) is 0 Å². The fourth-order valence-electron chi connectivity index (χ4n) is 6.92. The lowest BCUT2D eigenvalue weighted by atomic mass is 9.53. The Hall–Kier alpha value is -2.21. The largest absolute Gasteiger partial charge is 0.355 e. The van der Waals surface area contributed by atoms with Crippen LogP contribution in [0.3, 0.4) is 0 Å². The van der Waals surface area contributed by atoms with Crippen LogP contribution in [0.15, 0.2) is 47.6 Å². The van der Waals surface area contributed by atoms with Crippen molar-refractivity contribution in [3.05, 3.63) is 47.6 Å². The Morgan fingerprint density at radius 3 is 2.50 bits per heavy atom. The molecule has 0 aromatic heterocycles. The van der Waals surface area contributed by atoms with Crippen LogP contribution in [0.1, 0.15) is 38.5 Å². The van der Waals surface area contributed by atoms with Crippen molar-refractivity contribution in [2.45, 2.75) is 50.2 Å². The molecule has 4 bridgehead atoms. The highest BCUT2D eigenvalue weighted by Crippen LogP contribution is 2.55. The third-order valence-electron chi connectivity index (χ3n) is 7.59. The third kappa shape index (κ3) is 2.54. The summed E-state index contributed by atoms with van der Waals surface area (Å²) >= 11 is 0. The molecule has 28 heavy (non-hydrogen) atoms. The summed E-state index contributed by atoms with van der Waals surface area (Å²) in [7, 11) is 2.00. The number of nitrogens with zero attached hydrogens (tertiary/aromatic N) is 2. The maximum absolute atomic E-state index is 13.4. The molecule has 6 nitrogen and oxygen atoms in total. The van der Waals surface area contributed by atoms with Crippen molar-refractivity contribution in [3.63, 3.8) is 0 Å². The first-order valence-corrected chi connectivity index (χ1v) is 10.7. The van der Waals surface area contributed by atoms with Crippen molar-refractivity contribution in [1.29, 1.82) is 0 Å². The van der Waals surface area contributed by atoms with E-state index in [1.54, 1.807) is 0 Å². The van der Waals surface area contributed by atoms with E-state index in [9.17, 15) is 4.79 Å². The van der Waals surface area contributed by atoms with Gasteiger partial charge in [-0.05, 0) is 68.4 Å². The second kappa shape index (κ2) is 5.89. The van der Waals surface area contributed by atoms with Gasteiger partial charge in [-0.25, -0.2) is 5.43 Å². The summed E-state index contributed by atoms with van der Waals surface area (Å²) in [6, 6.07) is 0. The lowest BCUT2D eigenvalue weighted by molar-refractivity contribution is -0.123. The van der Waals surface area contributed by atoms with Gasteiger partial charge in [-0.1, -0.05) is 6.08 Å². The van der Waals surface area contributed by atoms with Crippen molar-refractivity contribution in [1.82, 2.24) is 26.0 Å². The molecule has 3 N–H and O–H groups in total. The van der Waals surface area contributed by atoms with Crippen molar-refractivity contribution in [2.75, 3.05) is 13.6 Å². The zero-order chi connectivity index (χ0) is 18.9. The summed E-state index contributed by atoms with van der Waals surface area (Å²) in [6.07, 6.45) is 18.0. The highest BCUT2D eigenvalue weighted by Gasteiger charge is 2.52. The number of rotatable bonds is 3. The lowest BCUT2D eigenvalue weighted by Gasteiger charge is -2.56. The van der Waals surface area contributed by atoms with Gasteiger partial charge in [0.1, 0.15) is 11.9 Å². The molecular weight excluding hydrogens is 350 g/mol. The van der Waals surface area contributed by atoms with E-state index in [1.807, 2.05) is 30.3 Å². The molecule has 0 spiro atoms. The Kier molecular flexibility index (Phi) is 3.52. The number of hydrogen-bond acceptors (Lipinski definition) is 5. The van der Waals surface area contributed by atoms with Crippen LogP contribution in [0, 0.1) is 17.8 Å². The predicted octanol–water partition coefficient (Wildman–Crippen LogP) is 1.93. The van der Waals surface area contributed by atoms with Crippen LogP contribution in [0.4, 0.5) is 0 Å². The minimum atomic E-state index is -0.00855. The summed E-state index contributed by atoms with van der Waals surface area (Å²) in [5.74, 6) is 2.55. The molecule has 3 aliphatic heterocycles. The van der Waals surface area contributed by atoms with Gasteiger partial charge in [-0.3, -0.25) is 4.79 Å². The first-order chi connectivity index (χ1) is 13.6. The molecule has 4 saturated carbocycles. The summed E-state index contributed by atoms with van der Waals surface area (Å²) < 4.78 is 0. The number of carbonyl (C=O) groups is 1. The molecule has 6 heteroatoms. The number of fused-ring (bicyclic) bond motifs is 1. The maximum Gasteiger partial charge on any atom is 0.270 e. The molecule has 3 heterocycles. The van der Waals surface area contributed by atoms with E-state index in [2.05, 4.69) is 33.4 Å². The number of carbonyl (C=O) groups excluding carboxylic acids is 1. The van der Waals surface area contributed by atoms with E-state index in [0.717, 1.165) is 35.7 Å². The van der Waals surface area contributed by atoms with Gasteiger partial charge in [0.25, 0.3) is 5.91 Å². The van der Waals surface area contributed by atoms with Crippen LogP contribution in [-0.4, -0.2) is 41.1 Å². The third-order valence-corrected chi connectivity index (χ3v) is 7.59. The first kappa shape index (κ1) is 16.7. The standard InChI is InChI=1S/C22H29N5O/c1-26-13-17(12-23-26)20-24-19(18-4-2-3-5-27(18)20)21(28)25-22-9-14-6-15(10-22)8-16(7-14)11-22/h2-5,13-16,20,23-24H,6-12H2,1H3,(H,25,28). The molecule has 148 valence electrons. The van der Waals surface area contributed by atoms with Crippen molar-refractivity contribution in [3.8, 4) is 0 Å². The molecular formula is C22H29N5O. The minimum absolute atomic E-state index is 0.00855. The predicted molar refractivity (Wildman–Crippen MR) is 107 cm³/mol. The van der Waals surface area contributed by atoms with E-state index < -0.39 is 0 Å². The SMILES string of the molecule is CN1C=C(C2NC(C(=O)NC34CC5CC(CC(C5)C3)C4)=C3C=CC=CN32)CN1. The highest BCUT2D eigenvalue weighted by molar-refractivity contribution is 5.95. The molecule has 7 rings (SSSR count). The summed E-state index contributed by atoms with van der Waals surface area (Å²) in [4.78, 5) is 15.6. The number of allylic oxidation sites excluding steroid dienone is 3. The summed E-state index contributed by atoms with van der Waals surface area (Å²) in [5, 5.41) is 9.04. The fraction of sp³-hybridized carbons (Fsp3) is 0.591. The summed E-state index contributed by atoms with van der Waals surface area (Å²) in [6.45, 7) is 0.791. The van der Waals surface area contributed by atoms with Crippen LogP contribution < -0.4 is 16.1 Å². The normalized spacial score (nSPS) is 40.1. The maximum atomic E-state index is 13.4. The van der Waals surface area contributed by atoms with Gasteiger partial charge in [-0.15, -0.1) is 0 Å². The zero-order valence-corrected chi connectivity index (χ0v) is 16.4. The molecule has 0 aromatic rings. The minimum Gasteiger partial charge on any atom is -0.355 e. The van der Waals surface area contributed by atoms with Crippen LogP contribution in [0.25, 0.3) is 0 Å². The molecule has 0 saturated heterocycles. The monoisotopic (exact) mass is 379 g/mol. The van der Waals surface area contributed by atoms with Gasteiger partial charge in [0.05, 0.1) is 5.70 Å². The number of hydrogen-bond donors (Lipinski definition) is 3. The average Bonchev–Trinajstić information content (AvgIpc) is 3.23. The van der Waals surface area contributed by atoms with Gasteiger partial charge >= 0.3 is 0 Å². The van der Waals surface area contributed by atoms with Crippen LogP contribution >= 0.6 is 0 Å². The Labute approximate surface area is 166 Å². The van der Waals surface area contributed by atoms with E-state index in [1.165, 1.54) is 44.1 Å². The molecule has 4 aliphatic carbocycles. The first-order valence-electron chi connectivity index (χ1n) is 10.7. The van der Waals surface area contributed by atoms with Crippen LogP contribution in [-0.2, 0) is 4.79 Å². The second-order valence-electron chi connectivity index (χ2n) is 9.72. The van der Waals surface area contributed by atoms with Crippen molar-refractivity contribution in [2.24, 2.45) is 17.8 Å².